The van der Waals surface area contributed by atoms with E-state index in [2.05, 4.69) is 10.3 Å². The Morgan fingerprint density at radius 2 is 2.00 bits per heavy atom. The number of benzene rings is 1. The Morgan fingerprint density at radius 1 is 1.23 bits per heavy atom. The minimum atomic E-state index is -0.150. The molecule has 0 aliphatic rings. The number of halogens is 2. The molecule has 112 valence electrons. The zero-order valence-corrected chi connectivity index (χ0v) is 13.6. The van der Waals surface area contributed by atoms with Crippen LogP contribution in [0.4, 0.5) is 5.69 Å². The third-order valence-corrected chi connectivity index (χ3v) is 4.55. The molecule has 2 heterocycles. The first-order valence-electron chi connectivity index (χ1n) is 6.44. The first-order chi connectivity index (χ1) is 10.6. The first-order valence-corrected chi connectivity index (χ1v) is 8.08. The van der Waals surface area contributed by atoms with E-state index in [-0.39, 0.29) is 12.3 Å². The number of nitrogens with one attached hydrogen (secondary N) is 1. The first kappa shape index (κ1) is 15.1. The lowest BCUT2D eigenvalue weighted by Crippen LogP contribution is -2.14. The van der Waals surface area contributed by atoms with Crippen LogP contribution in [0.1, 0.15) is 5.69 Å². The summed E-state index contributed by atoms with van der Waals surface area (Å²) in [6, 6.07) is 8.83. The summed E-state index contributed by atoms with van der Waals surface area (Å²) in [6.45, 7) is 0. The van der Waals surface area contributed by atoms with Crippen molar-refractivity contribution >= 4 is 46.1 Å². The molecule has 2 aromatic heterocycles. The number of nitrogens with zero attached hydrogens (tertiary/aromatic N) is 2. The van der Waals surface area contributed by atoms with Gasteiger partial charge in [-0.25, -0.2) is 4.98 Å². The van der Waals surface area contributed by atoms with Gasteiger partial charge in [0.15, 0.2) is 5.13 Å². The number of rotatable bonds is 4. The highest BCUT2D eigenvalue weighted by atomic mass is 35.5. The minimum absolute atomic E-state index is 0.150. The molecule has 4 nitrogen and oxygen atoms in total. The Morgan fingerprint density at radius 3 is 2.73 bits per heavy atom. The lowest BCUT2D eigenvalue weighted by molar-refractivity contribution is -0.115. The molecule has 1 aromatic carbocycles. The van der Waals surface area contributed by atoms with Gasteiger partial charge in [0.05, 0.1) is 22.2 Å². The maximum Gasteiger partial charge on any atom is 0.230 e. The summed E-state index contributed by atoms with van der Waals surface area (Å²) in [7, 11) is 0. The summed E-state index contributed by atoms with van der Waals surface area (Å²) in [6.07, 6.45) is 4.04. The van der Waals surface area contributed by atoms with Gasteiger partial charge in [0.25, 0.3) is 0 Å². The van der Waals surface area contributed by atoms with Crippen molar-refractivity contribution < 1.29 is 4.79 Å². The van der Waals surface area contributed by atoms with Crippen LogP contribution in [0.5, 0.6) is 0 Å². The summed E-state index contributed by atoms with van der Waals surface area (Å²) in [5.74, 6) is -0.150. The second-order valence-corrected chi connectivity index (χ2v) is 6.22. The van der Waals surface area contributed by atoms with E-state index in [1.807, 2.05) is 34.5 Å². The fourth-order valence-electron chi connectivity index (χ4n) is 1.90. The lowest BCUT2D eigenvalue weighted by Gasteiger charge is -2.05. The predicted molar refractivity (Wildman–Crippen MR) is 90.2 cm³/mol. The van der Waals surface area contributed by atoms with Gasteiger partial charge in [0, 0.05) is 23.5 Å². The van der Waals surface area contributed by atoms with Gasteiger partial charge in [-0.1, -0.05) is 23.2 Å². The molecule has 0 fully saturated rings. The Kier molecular flexibility index (Phi) is 4.47. The minimum Gasteiger partial charge on any atom is -0.326 e. The highest BCUT2D eigenvalue weighted by Crippen LogP contribution is 2.25. The van der Waals surface area contributed by atoms with E-state index in [0.717, 1.165) is 10.8 Å². The van der Waals surface area contributed by atoms with Crippen LogP contribution in [0, 0.1) is 0 Å². The van der Waals surface area contributed by atoms with Crippen molar-refractivity contribution in [2.24, 2.45) is 0 Å². The molecule has 0 bridgehead atoms. The SMILES string of the molecule is O=C(Cc1csc(-n2cccc2)n1)Nc1ccc(Cl)c(Cl)c1. The zero-order valence-electron chi connectivity index (χ0n) is 11.3. The maximum atomic E-state index is 12.0. The zero-order chi connectivity index (χ0) is 15.5. The average molecular weight is 352 g/mol. The highest BCUT2D eigenvalue weighted by Gasteiger charge is 2.09. The molecule has 1 amide bonds. The van der Waals surface area contributed by atoms with E-state index in [4.69, 9.17) is 23.2 Å². The number of hydrogen-bond donors (Lipinski definition) is 1. The van der Waals surface area contributed by atoms with Gasteiger partial charge in [0.2, 0.25) is 5.91 Å². The number of anilines is 1. The van der Waals surface area contributed by atoms with Crippen molar-refractivity contribution in [3.63, 3.8) is 0 Å². The van der Waals surface area contributed by atoms with Crippen LogP contribution in [0.15, 0.2) is 48.1 Å². The van der Waals surface area contributed by atoms with Crippen molar-refractivity contribution in [3.8, 4) is 5.13 Å². The van der Waals surface area contributed by atoms with Gasteiger partial charge in [-0.05, 0) is 30.3 Å². The van der Waals surface area contributed by atoms with Crippen molar-refractivity contribution in [1.29, 1.82) is 0 Å². The van der Waals surface area contributed by atoms with Gasteiger partial charge < -0.3 is 9.88 Å². The number of hydrogen-bond acceptors (Lipinski definition) is 3. The monoisotopic (exact) mass is 351 g/mol. The van der Waals surface area contributed by atoms with E-state index in [1.54, 1.807) is 18.2 Å². The van der Waals surface area contributed by atoms with Crippen LogP contribution in [0.2, 0.25) is 10.0 Å². The van der Waals surface area contributed by atoms with E-state index in [1.165, 1.54) is 11.3 Å². The van der Waals surface area contributed by atoms with E-state index in [0.29, 0.717) is 15.7 Å². The third kappa shape index (κ3) is 3.50. The molecule has 0 saturated heterocycles. The summed E-state index contributed by atoms with van der Waals surface area (Å²) < 4.78 is 1.91. The van der Waals surface area contributed by atoms with E-state index in [9.17, 15) is 4.79 Å². The van der Waals surface area contributed by atoms with Crippen molar-refractivity contribution in [1.82, 2.24) is 9.55 Å². The Labute approximate surface area is 141 Å². The van der Waals surface area contributed by atoms with Crippen LogP contribution in [-0.2, 0) is 11.2 Å². The summed E-state index contributed by atoms with van der Waals surface area (Å²) >= 11 is 13.3. The molecule has 0 atom stereocenters. The second kappa shape index (κ2) is 6.52. The van der Waals surface area contributed by atoms with Crippen LogP contribution < -0.4 is 5.32 Å². The lowest BCUT2D eigenvalue weighted by atomic mass is 10.3. The second-order valence-electron chi connectivity index (χ2n) is 4.57. The topological polar surface area (TPSA) is 46.9 Å². The summed E-state index contributed by atoms with van der Waals surface area (Å²) in [4.78, 5) is 16.5. The molecule has 3 aromatic rings. The fourth-order valence-corrected chi connectivity index (χ4v) is 2.99. The van der Waals surface area contributed by atoms with Crippen molar-refractivity contribution in [2.75, 3.05) is 5.32 Å². The largest absolute Gasteiger partial charge is 0.326 e. The molecule has 0 saturated carbocycles. The maximum absolute atomic E-state index is 12.0. The molecule has 0 aliphatic carbocycles. The Bertz CT molecular complexity index is 799. The van der Waals surface area contributed by atoms with Gasteiger partial charge >= 0.3 is 0 Å². The molecule has 0 aliphatic heterocycles. The molecule has 0 unspecified atom stereocenters. The molecule has 3 rings (SSSR count). The van der Waals surface area contributed by atoms with Gasteiger partial charge in [-0.2, -0.15) is 0 Å². The fraction of sp³-hybridized carbons (Fsp3) is 0.0667. The van der Waals surface area contributed by atoms with Gasteiger partial charge in [0.1, 0.15) is 0 Å². The van der Waals surface area contributed by atoms with Crippen LogP contribution >= 0.6 is 34.5 Å². The number of carbonyl (C=O) groups excluding carboxylic acids is 1. The van der Waals surface area contributed by atoms with Crippen molar-refractivity contribution in [2.45, 2.75) is 6.42 Å². The van der Waals surface area contributed by atoms with Crippen molar-refractivity contribution in [3.05, 3.63) is 63.8 Å². The molecular formula is C15H11Cl2N3OS. The summed E-state index contributed by atoms with van der Waals surface area (Å²) in [5.41, 5.74) is 1.34. The van der Waals surface area contributed by atoms with Crippen LogP contribution in [0.3, 0.4) is 0 Å². The van der Waals surface area contributed by atoms with E-state index >= 15 is 0 Å². The smallest absolute Gasteiger partial charge is 0.230 e. The Hall–Kier alpha value is -1.82. The normalized spacial score (nSPS) is 10.6. The Balaban J connectivity index is 1.65. The third-order valence-electron chi connectivity index (χ3n) is 2.91. The molecule has 7 heteroatoms. The number of amides is 1. The number of thiazole rings is 1. The predicted octanol–water partition coefficient (Wildman–Crippen LogP) is 4.42. The van der Waals surface area contributed by atoms with Crippen LogP contribution in [0.25, 0.3) is 5.13 Å². The number of aromatic nitrogens is 2. The van der Waals surface area contributed by atoms with Crippen LogP contribution in [-0.4, -0.2) is 15.5 Å². The standard InChI is InChI=1S/C15H11Cl2N3OS/c16-12-4-3-10(7-13(12)17)18-14(21)8-11-9-22-15(19-11)20-5-1-2-6-20/h1-7,9H,8H2,(H,18,21). The number of carbonyl (C=O) groups is 1. The molecule has 0 radical (unpaired) electrons. The molecule has 0 spiro atoms. The highest BCUT2D eigenvalue weighted by molar-refractivity contribution is 7.12. The molecule has 1 N–H and O–H groups in total. The molecular weight excluding hydrogens is 341 g/mol. The van der Waals surface area contributed by atoms with Gasteiger partial charge in [-0.3, -0.25) is 4.79 Å². The average Bonchev–Trinajstić information content (AvgIpc) is 3.13. The molecule has 22 heavy (non-hydrogen) atoms. The summed E-state index contributed by atoms with van der Waals surface area (Å²) in [5, 5.41) is 6.35. The quantitative estimate of drug-likeness (QED) is 0.755. The van der Waals surface area contributed by atoms with E-state index < -0.39 is 0 Å². The van der Waals surface area contributed by atoms with Gasteiger partial charge in [-0.15, -0.1) is 11.3 Å².